The molecule has 16 heavy (non-hydrogen) atoms. The number of nitrogens with two attached hydrogens (primary N) is 1. The minimum atomic E-state index is 0.615. The van der Waals surface area contributed by atoms with Gasteiger partial charge in [-0.1, -0.05) is 0 Å². The van der Waals surface area contributed by atoms with Crippen molar-refractivity contribution in [1.82, 2.24) is 14.8 Å². The second kappa shape index (κ2) is 5.27. The molecule has 1 aliphatic rings. The minimum Gasteiger partial charge on any atom is -0.384 e. The highest BCUT2D eigenvalue weighted by molar-refractivity contribution is 5.31. The molecule has 0 amide bonds. The molecule has 2 rings (SSSR count). The first-order valence-electron chi connectivity index (χ1n) is 5.85. The van der Waals surface area contributed by atoms with Crippen molar-refractivity contribution in [2.24, 2.45) is 0 Å². The van der Waals surface area contributed by atoms with Gasteiger partial charge >= 0.3 is 0 Å². The van der Waals surface area contributed by atoms with E-state index in [0.717, 1.165) is 19.6 Å². The van der Waals surface area contributed by atoms with Crippen LogP contribution in [0, 0.1) is 0 Å². The number of nitrogen functional groups attached to an aromatic ring is 1. The zero-order valence-corrected chi connectivity index (χ0v) is 9.89. The third-order valence-electron chi connectivity index (χ3n) is 3.06. The quantitative estimate of drug-likeness (QED) is 0.801. The largest absolute Gasteiger partial charge is 0.384 e. The van der Waals surface area contributed by atoms with Gasteiger partial charge in [0.1, 0.15) is 5.82 Å². The molecular weight excluding hydrogens is 200 g/mol. The molecule has 1 aromatic rings. The third kappa shape index (κ3) is 3.18. The van der Waals surface area contributed by atoms with Crippen molar-refractivity contribution in [1.29, 1.82) is 0 Å². The van der Waals surface area contributed by atoms with E-state index in [1.165, 1.54) is 25.1 Å². The summed E-state index contributed by atoms with van der Waals surface area (Å²) in [6.07, 6.45) is 3.03. The third-order valence-corrected chi connectivity index (χ3v) is 3.06. The molecule has 1 saturated heterocycles. The minimum absolute atomic E-state index is 0.615. The summed E-state index contributed by atoms with van der Waals surface area (Å²) in [5.41, 5.74) is 6.94. The van der Waals surface area contributed by atoms with Gasteiger partial charge in [-0.25, -0.2) is 4.98 Å². The van der Waals surface area contributed by atoms with Gasteiger partial charge in [0.2, 0.25) is 0 Å². The van der Waals surface area contributed by atoms with Crippen LogP contribution in [0.4, 0.5) is 5.82 Å². The summed E-state index contributed by atoms with van der Waals surface area (Å²) in [6.45, 7) is 5.65. The van der Waals surface area contributed by atoms with Crippen LogP contribution in [-0.2, 0) is 6.54 Å². The maximum atomic E-state index is 5.68. The first-order valence-corrected chi connectivity index (χ1v) is 5.85. The van der Waals surface area contributed by atoms with Gasteiger partial charge in [-0.2, -0.15) is 0 Å². The standard InChI is InChI=1S/C12H20N4/c1-15-5-2-6-16(8-7-15)10-11-3-4-14-12(13)9-11/h3-4,9H,2,5-8,10H2,1H3,(H2,13,14). The van der Waals surface area contributed by atoms with Gasteiger partial charge in [0.25, 0.3) is 0 Å². The van der Waals surface area contributed by atoms with Crippen molar-refractivity contribution >= 4 is 5.82 Å². The lowest BCUT2D eigenvalue weighted by molar-refractivity contribution is 0.269. The zero-order valence-electron chi connectivity index (χ0n) is 9.89. The second-order valence-electron chi connectivity index (χ2n) is 4.52. The zero-order chi connectivity index (χ0) is 11.4. The number of rotatable bonds is 2. The van der Waals surface area contributed by atoms with Gasteiger partial charge in [-0.15, -0.1) is 0 Å². The van der Waals surface area contributed by atoms with E-state index in [0.29, 0.717) is 5.82 Å². The molecule has 1 aromatic heterocycles. The maximum Gasteiger partial charge on any atom is 0.123 e. The summed E-state index contributed by atoms with van der Waals surface area (Å²) in [4.78, 5) is 8.89. The molecular formula is C12H20N4. The van der Waals surface area contributed by atoms with Crippen LogP contribution in [0.3, 0.4) is 0 Å². The van der Waals surface area contributed by atoms with E-state index in [1.54, 1.807) is 6.20 Å². The highest BCUT2D eigenvalue weighted by Crippen LogP contribution is 2.09. The van der Waals surface area contributed by atoms with E-state index in [4.69, 9.17) is 5.73 Å². The predicted octanol–water partition coefficient (Wildman–Crippen LogP) is 0.801. The van der Waals surface area contributed by atoms with Crippen molar-refractivity contribution in [2.75, 3.05) is 39.0 Å². The fraction of sp³-hybridized carbons (Fsp3) is 0.583. The Morgan fingerprint density at radius 1 is 1.31 bits per heavy atom. The first-order chi connectivity index (χ1) is 7.74. The highest BCUT2D eigenvalue weighted by atomic mass is 15.2. The number of hydrogen-bond acceptors (Lipinski definition) is 4. The van der Waals surface area contributed by atoms with Gasteiger partial charge in [-0.05, 0) is 44.3 Å². The Morgan fingerprint density at radius 3 is 3.00 bits per heavy atom. The molecule has 1 fully saturated rings. The Bertz CT molecular complexity index is 340. The summed E-state index contributed by atoms with van der Waals surface area (Å²) in [7, 11) is 2.19. The molecule has 1 aliphatic heterocycles. The van der Waals surface area contributed by atoms with Crippen LogP contribution in [0.2, 0.25) is 0 Å². The first kappa shape index (κ1) is 11.4. The molecule has 0 saturated carbocycles. The second-order valence-corrected chi connectivity index (χ2v) is 4.52. The van der Waals surface area contributed by atoms with Gasteiger partial charge in [0.05, 0.1) is 0 Å². The fourth-order valence-corrected chi connectivity index (χ4v) is 2.11. The number of likely N-dealkylation sites (N-methyl/N-ethyl adjacent to an activating group) is 1. The van der Waals surface area contributed by atoms with E-state index in [-0.39, 0.29) is 0 Å². The summed E-state index contributed by atoms with van der Waals surface area (Å²) in [5.74, 6) is 0.615. The molecule has 0 radical (unpaired) electrons. The van der Waals surface area contributed by atoms with Gasteiger partial charge in [-0.3, -0.25) is 4.90 Å². The Balaban J connectivity index is 1.93. The van der Waals surface area contributed by atoms with E-state index < -0.39 is 0 Å². The summed E-state index contributed by atoms with van der Waals surface area (Å²) in [5, 5.41) is 0. The molecule has 88 valence electrons. The van der Waals surface area contributed by atoms with Crippen molar-refractivity contribution in [2.45, 2.75) is 13.0 Å². The van der Waals surface area contributed by atoms with Crippen molar-refractivity contribution in [3.8, 4) is 0 Å². The van der Waals surface area contributed by atoms with Gasteiger partial charge in [0, 0.05) is 25.8 Å². The summed E-state index contributed by atoms with van der Waals surface area (Å²) in [6, 6.07) is 4.01. The van der Waals surface area contributed by atoms with Crippen molar-refractivity contribution < 1.29 is 0 Å². The molecule has 0 unspecified atom stereocenters. The van der Waals surface area contributed by atoms with Crippen LogP contribution in [-0.4, -0.2) is 48.0 Å². The van der Waals surface area contributed by atoms with Crippen LogP contribution < -0.4 is 5.73 Å². The number of hydrogen-bond donors (Lipinski definition) is 1. The SMILES string of the molecule is CN1CCCN(Cc2ccnc(N)c2)CC1. The lowest BCUT2D eigenvalue weighted by Crippen LogP contribution is -2.28. The lowest BCUT2D eigenvalue weighted by atomic mass is 10.2. The van der Waals surface area contributed by atoms with Crippen molar-refractivity contribution in [3.63, 3.8) is 0 Å². The lowest BCUT2D eigenvalue weighted by Gasteiger charge is -2.20. The number of pyridine rings is 1. The van der Waals surface area contributed by atoms with Crippen LogP contribution in [0.1, 0.15) is 12.0 Å². The Labute approximate surface area is 97.1 Å². The van der Waals surface area contributed by atoms with Gasteiger partial charge < -0.3 is 10.6 Å². The summed E-state index contributed by atoms with van der Waals surface area (Å²) >= 11 is 0. The molecule has 4 nitrogen and oxygen atoms in total. The molecule has 0 atom stereocenters. The smallest absolute Gasteiger partial charge is 0.123 e. The molecule has 2 N–H and O–H groups in total. The van der Waals surface area contributed by atoms with Crippen LogP contribution in [0.25, 0.3) is 0 Å². The van der Waals surface area contributed by atoms with Crippen LogP contribution in [0.15, 0.2) is 18.3 Å². The van der Waals surface area contributed by atoms with Crippen LogP contribution >= 0.6 is 0 Å². The number of anilines is 1. The summed E-state index contributed by atoms with van der Waals surface area (Å²) < 4.78 is 0. The average Bonchev–Trinajstić information content (AvgIpc) is 2.44. The Morgan fingerprint density at radius 2 is 2.19 bits per heavy atom. The van der Waals surface area contributed by atoms with E-state index in [2.05, 4.69) is 21.8 Å². The van der Waals surface area contributed by atoms with E-state index in [9.17, 15) is 0 Å². The van der Waals surface area contributed by atoms with Crippen molar-refractivity contribution in [3.05, 3.63) is 23.9 Å². The maximum absolute atomic E-state index is 5.68. The monoisotopic (exact) mass is 220 g/mol. The van der Waals surface area contributed by atoms with Crippen LogP contribution in [0.5, 0.6) is 0 Å². The topological polar surface area (TPSA) is 45.4 Å². The molecule has 0 aromatic carbocycles. The van der Waals surface area contributed by atoms with E-state index >= 15 is 0 Å². The molecule has 0 aliphatic carbocycles. The van der Waals surface area contributed by atoms with E-state index in [1.807, 2.05) is 12.1 Å². The normalized spacial score (nSPS) is 19.6. The fourth-order valence-electron chi connectivity index (χ4n) is 2.11. The molecule has 0 spiro atoms. The number of aromatic nitrogens is 1. The molecule has 4 heteroatoms. The highest BCUT2D eigenvalue weighted by Gasteiger charge is 2.12. The predicted molar refractivity (Wildman–Crippen MR) is 66.0 cm³/mol. The number of nitrogens with zero attached hydrogens (tertiary/aromatic N) is 3. The Hall–Kier alpha value is -1.13. The average molecular weight is 220 g/mol. The molecule has 2 heterocycles. The van der Waals surface area contributed by atoms with Gasteiger partial charge in [0.15, 0.2) is 0 Å². The molecule has 0 bridgehead atoms. The Kier molecular flexibility index (Phi) is 3.74.